The molecular formula is C36H44Cl2N6O6. The van der Waals surface area contributed by atoms with Gasteiger partial charge in [-0.25, -0.2) is 28.9 Å². The summed E-state index contributed by atoms with van der Waals surface area (Å²) in [6, 6.07) is 9.33. The Balaban J connectivity index is 0.000000210. The summed E-state index contributed by atoms with van der Waals surface area (Å²) in [6.07, 6.45) is 5.04. The highest BCUT2D eigenvalue weighted by Gasteiger charge is 2.36. The van der Waals surface area contributed by atoms with Crippen molar-refractivity contribution in [1.82, 2.24) is 29.5 Å². The average molecular weight is 732 g/mol. The van der Waals surface area contributed by atoms with Crippen LogP contribution in [0.3, 0.4) is 0 Å². The summed E-state index contributed by atoms with van der Waals surface area (Å²) in [5.41, 5.74) is -0.983. The van der Waals surface area contributed by atoms with Gasteiger partial charge in [0, 0.05) is 30.0 Å². The fourth-order valence-electron chi connectivity index (χ4n) is 4.52. The van der Waals surface area contributed by atoms with E-state index < -0.39 is 30.3 Å². The summed E-state index contributed by atoms with van der Waals surface area (Å²) >= 11 is 12.0. The summed E-state index contributed by atoms with van der Waals surface area (Å²) in [5.74, 6) is -0.173. The number of halogens is 2. The summed E-state index contributed by atoms with van der Waals surface area (Å²) in [4.78, 5) is 31.4. The highest BCUT2D eigenvalue weighted by atomic mass is 35.5. The van der Waals surface area contributed by atoms with Crippen molar-refractivity contribution in [2.75, 3.05) is 13.2 Å². The van der Waals surface area contributed by atoms with Gasteiger partial charge in [-0.2, -0.15) is 0 Å². The van der Waals surface area contributed by atoms with Crippen LogP contribution in [0.15, 0.2) is 48.8 Å². The maximum atomic E-state index is 12.2. The number of carboxylic acids is 1. The molecule has 2 aliphatic rings. The predicted octanol–water partition coefficient (Wildman–Crippen LogP) is 8.41. The number of carbonyl (C=O) groups is 2. The molecule has 2 aliphatic carbocycles. The van der Waals surface area contributed by atoms with Crippen molar-refractivity contribution in [3.8, 4) is 23.4 Å². The normalized spacial score (nSPS) is 17.2. The first kappa shape index (κ1) is 31.8. The zero-order chi connectivity index (χ0) is 39.7. The summed E-state index contributed by atoms with van der Waals surface area (Å²) in [5, 5.41) is 17.4. The molecule has 4 heterocycles. The van der Waals surface area contributed by atoms with E-state index in [1.54, 1.807) is 57.4 Å². The average Bonchev–Trinajstić information content (AvgIpc) is 3.89. The molecule has 6 rings (SSSR count). The number of rotatable bonds is 14. The summed E-state index contributed by atoms with van der Waals surface area (Å²) in [7, 11) is 0. The van der Waals surface area contributed by atoms with Crippen molar-refractivity contribution < 1.29 is 34.4 Å². The molecule has 1 N–H and O–H groups in total. The number of pyridine rings is 2. The highest BCUT2D eigenvalue weighted by Crippen LogP contribution is 2.49. The number of nitrogens with zero attached hydrogens (tertiary/aromatic N) is 6. The van der Waals surface area contributed by atoms with Crippen LogP contribution in [-0.4, -0.2) is 65.4 Å². The van der Waals surface area contributed by atoms with Crippen LogP contribution in [0.4, 0.5) is 0 Å². The van der Waals surface area contributed by atoms with Gasteiger partial charge in [0.25, 0.3) is 0 Å². The zero-order valence-corrected chi connectivity index (χ0v) is 30.2. The minimum atomic E-state index is -1.25. The number of carbonyl (C=O) groups excluding carboxylic acids is 1. The Bertz CT molecular complexity index is 1990. The Morgan fingerprint density at radius 3 is 1.62 bits per heavy atom. The first-order chi connectivity index (χ1) is 25.1. The van der Waals surface area contributed by atoms with E-state index in [4.69, 9.17) is 48.0 Å². The van der Waals surface area contributed by atoms with Crippen LogP contribution in [-0.2, 0) is 4.74 Å². The van der Waals surface area contributed by atoms with E-state index in [-0.39, 0.29) is 45.5 Å². The lowest BCUT2D eigenvalue weighted by molar-refractivity contribution is 0.00690. The van der Waals surface area contributed by atoms with Gasteiger partial charge < -0.3 is 19.3 Å². The molecule has 12 nitrogen and oxygen atoms in total. The van der Waals surface area contributed by atoms with Crippen LogP contribution in [0.2, 0.25) is 10.3 Å². The van der Waals surface area contributed by atoms with Gasteiger partial charge in [0.1, 0.15) is 15.9 Å². The molecule has 0 bridgehead atoms. The largest absolute Gasteiger partial charge is 0.478 e. The minimum Gasteiger partial charge on any atom is -0.478 e. The number of hydrogen-bond acceptors (Lipinski definition) is 9. The number of aromatic nitrogens is 6. The van der Waals surface area contributed by atoms with Gasteiger partial charge in [0.05, 0.1) is 24.3 Å². The lowest BCUT2D eigenvalue weighted by Gasteiger charge is -2.19. The number of aromatic carboxylic acids is 1. The van der Waals surface area contributed by atoms with Gasteiger partial charge in [0.15, 0.2) is 11.6 Å². The molecule has 0 aliphatic heterocycles. The van der Waals surface area contributed by atoms with Gasteiger partial charge >= 0.3 is 11.9 Å². The van der Waals surface area contributed by atoms with E-state index in [0.717, 1.165) is 25.7 Å². The molecule has 2 fully saturated rings. The maximum absolute atomic E-state index is 12.2. The predicted molar refractivity (Wildman–Crippen MR) is 189 cm³/mol. The second kappa shape index (κ2) is 15.4. The van der Waals surface area contributed by atoms with Crippen molar-refractivity contribution >= 4 is 35.1 Å². The lowest BCUT2D eigenvalue weighted by atomic mass is 10.0. The third-order valence-corrected chi connectivity index (χ3v) is 8.50. The van der Waals surface area contributed by atoms with Gasteiger partial charge in [-0.3, -0.25) is 0 Å². The molecule has 0 radical (unpaired) electrons. The minimum absolute atomic E-state index is 0.0283. The molecule has 0 unspecified atom stereocenters. The summed E-state index contributed by atoms with van der Waals surface area (Å²) < 4.78 is 51.9. The fourth-order valence-corrected chi connectivity index (χ4v) is 4.98. The topological polar surface area (TPSA) is 143 Å². The van der Waals surface area contributed by atoms with Crippen molar-refractivity contribution in [3.05, 3.63) is 70.2 Å². The maximum Gasteiger partial charge on any atom is 0.341 e. The zero-order valence-electron chi connectivity index (χ0n) is 32.7. The molecule has 50 heavy (non-hydrogen) atoms. The second-order valence-electron chi connectivity index (χ2n) is 13.7. The second-order valence-corrected chi connectivity index (χ2v) is 14.4. The Hall–Kier alpha value is -4.16. The van der Waals surface area contributed by atoms with E-state index >= 15 is 0 Å². The number of ether oxygens (including phenoxy) is 3. The van der Waals surface area contributed by atoms with Gasteiger partial charge in [-0.05, 0) is 107 Å². The molecule has 0 saturated heterocycles. The lowest BCUT2D eigenvalue weighted by Crippen LogP contribution is -2.24. The Kier molecular flexibility index (Phi) is 9.78. The standard InChI is InChI=1S/C20H26ClN3O3.C16H18ClN3O3/c1-19(2,3)27-18(25)14-6-7-15(22-17(14)21)24-12-8-16(23-24)26-13-5-9-20(4)10-11-20;1-16(7-8-16)6-2-10-23-13-5-9-20(19-13)12-4-3-11(15(21)22)14(17)18-12/h6-8,12H,5,9-11,13H2,1-4H3;3-5,9H,2,6-8,10H2,1H3,(H,21,22)/i9D2;6D2. The Morgan fingerprint density at radius 1 is 0.800 bits per heavy atom. The van der Waals surface area contributed by atoms with E-state index in [1.807, 2.05) is 13.8 Å². The molecular weight excluding hydrogens is 683 g/mol. The van der Waals surface area contributed by atoms with Crippen molar-refractivity contribution in [2.45, 2.75) is 91.5 Å². The summed E-state index contributed by atoms with van der Waals surface area (Å²) in [6.45, 7) is 9.74. The molecule has 0 spiro atoms. The smallest absolute Gasteiger partial charge is 0.341 e. The van der Waals surface area contributed by atoms with Crippen molar-refractivity contribution in [3.63, 3.8) is 0 Å². The molecule has 0 amide bonds. The quantitative estimate of drug-likeness (QED) is 0.0992. The number of esters is 1. The molecule has 0 aromatic carbocycles. The van der Waals surface area contributed by atoms with E-state index in [1.165, 1.54) is 21.5 Å². The fraction of sp³-hybridized carbons (Fsp3) is 0.500. The molecule has 0 atom stereocenters. The number of carboxylic acid groups (broad SMARTS) is 1. The monoisotopic (exact) mass is 730 g/mol. The Labute approximate surface area is 307 Å². The molecule has 268 valence electrons. The van der Waals surface area contributed by atoms with Gasteiger partial charge in [-0.1, -0.05) is 37.0 Å². The van der Waals surface area contributed by atoms with E-state index in [9.17, 15) is 9.59 Å². The first-order valence-corrected chi connectivity index (χ1v) is 17.1. The van der Waals surface area contributed by atoms with Gasteiger partial charge in [-0.15, -0.1) is 10.2 Å². The van der Waals surface area contributed by atoms with Crippen LogP contribution < -0.4 is 9.47 Å². The van der Waals surface area contributed by atoms with Crippen LogP contribution in [0.5, 0.6) is 11.8 Å². The van der Waals surface area contributed by atoms with Crippen LogP contribution in [0, 0.1) is 10.8 Å². The van der Waals surface area contributed by atoms with E-state index in [2.05, 4.69) is 20.2 Å². The van der Waals surface area contributed by atoms with Crippen molar-refractivity contribution in [2.24, 2.45) is 10.8 Å². The highest BCUT2D eigenvalue weighted by molar-refractivity contribution is 6.32. The molecule has 2 saturated carbocycles. The van der Waals surface area contributed by atoms with Crippen LogP contribution in [0.25, 0.3) is 11.6 Å². The van der Waals surface area contributed by atoms with Crippen LogP contribution >= 0.6 is 23.2 Å². The van der Waals surface area contributed by atoms with E-state index in [0.29, 0.717) is 36.2 Å². The SMILES string of the molecule is [2H]C([2H])(CCOc1ccn(-c2ccc(C(=O)O)c(Cl)n2)n1)C1(C)CC1.[2H]C([2H])(CCOc1ccn(-c2ccc(C(=O)OC(C)(C)C)c(Cl)n2)n1)C1(C)CC1. The Morgan fingerprint density at radius 2 is 1.24 bits per heavy atom. The van der Waals surface area contributed by atoms with Crippen LogP contribution in [0.1, 0.15) is 112 Å². The third-order valence-electron chi connectivity index (χ3n) is 7.92. The first-order valence-electron chi connectivity index (χ1n) is 18.3. The molecule has 4 aromatic rings. The molecule has 4 aromatic heterocycles. The third kappa shape index (κ3) is 10.7. The number of hydrogen-bond donors (Lipinski definition) is 1. The van der Waals surface area contributed by atoms with Crippen molar-refractivity contribution in [1.29, 1.82) is 0 Å². The molecule has 14 heteroatoms. The van der Waals surface area contributed by atoms with Gasteiger partial charge in [0.2, 0.25) is 11.8 Å².